The third-order valence-corrected chi connectivity index (χ3v) is 3.41. The van der Waals surface area contributed by atoms with Gasteiger partial charge in [0.05, 0.1) is 5.75 Å². The van der Waals surface area contributed by atoms with Crippen molar-refractivity contribution in [2.75, 3.05) is 25.1 Å². The third-order valence-electron chi connectivity index (χ3n) is 2.64. The lowest BCUT2D eigenvalue weighted by molar-refractivity contribution is 0.356. The molecule has 0 aromatic rings. The summed E-state index contributed by atoms with van der Waals surface area (Å²) in [6.45, 7) is 6.18. The summed E-state index contributed by atoms with van der Waals surface area (Å²) >= 11 is 0. The molecule has 1 N–H and O–H groups in total. The summed E-state index contributed by atoms with van der Waals surface area (Å²) in [5.41, 5.74) is 1.37. The molecule has 0 bridgehead atoms. The van der Waals surface area contributed by atoms with Gasteiger partial charge >= 0.3 is 0 Å². The molecule has 1 fully saturated rings. The van der Waals surface area contributed by atoms with Gasteiger partial charge in [-0.2, -0.15) is 0 Å². The first-order valence-corrected chi connectivity index (χ1v) is 6.95. The Bertz CT molecular complexity index is 328. The van der Waals surface area contributed by atoms with Crippen molar-refractivity contribution in [3.05, 3.63) is 11.6 Å². The van der Waals surface area contributed by atoms with Gasteiger partial charge in [0.2, 0.25) is 0 Å². The van der Waals surface area contributed by atoms with Gasteiger partial charge < -0.3 is 5.32 Å². The van der Waals surface area contributed by atoms with Gasteiger partial charge in [0.15, 0.2) is 9.84 Å². The molecule has 0 amide bonds. The maximum absolute atomic E-state index is 11.0. The minimum atomic E-state index is -2.87. The molecule has 1 saturated heterocycles. The fraction of sp³-hybridized carbons (Fsp3) is 0.800. The number of piperidine rings is 1. The Morgan fingerprint density at radius 3 is 2.64 bits per heavy atom. The normalized spacial score (nSPS) is 25.2. The van der Waals surface area contributed by atoms with Crippen LogP contribution in [0.3, 0.4) is 0 Å². The summed E-state index contributed by atoms with van der Waals surface area (Å²) < 4.78 is 22.0. The van der Waals surface area contributed by atoms with Gasteiger partial charge in [-0.15, -0.1) is 0 Å². The molecule has 0 aliphatic carbocycles. The maximum Gasteiger partial charge on any atom is 0.151 e. The Morgan fingerprint density at radius 1 is 1.50 bits per heavy atom. The molecule has 0 radical (unpaired) electrons. The quantitative estimate of drug-likeness (QED) is 0.701. The monoisotopic (exact) mass is 217 g/mol. The minimum Gasteiger partial charge on any atom is -0.316 e. The van der Waals surface area contributed by atoms with Crippen LogP contribution in [-0.4, -0.2) is 33.5 Å². The molecular weight excluding hydrogens is 198 g/mol. The van der Waals surface area contributed by atoms with Crippen LogP contribution in [0.5, 0.6) is 0 Å². The van der Waals surface area contributed by atoms with Crippen molar-refractivity contribution >= 4 is 9.84 Å². The van der Waals surface area contributed by atoms with E-state index in [1.807, 2.05) is 6.08 Å². The fourth-order valence-electron chi connectivity index (χ4n) is 1.71. The molecule has 1 rings (SSSR count). The molecule has 1 aliphatic heterocycles. The Labute approximate surface area is 86.5 Å². The molecule has 1 aliphatic rings. The summed E-state index contributed by atoms with van der Waals surface area (Å²) in [4.78, 5) is 0. The highest BCUT2D eigenvalue weighted by atomic mass is 32.2. The predicted molar refractivity (Wildman–Crippen MR) is 59.1 cm³/mol. The molecule has 3 nitrogen and oxygen atoms in total. The van der Waals surface area contributed by atoms with Gasteiger partial charge in [-0.1, -0.05) is 25.5 Å². The first-order valence-electron chi connectivity index (χ1n) is 4.89. The molecular formula is C10H19NO2S. The fourth-order valence-corrected chi connectivity index (χ4v) is 2.21. The lowest BCUT2D eigenvalue weighted by Crippen LogP contribution is -2.37. The van der Waals surface area contributed by atoms with Gasteiger partial charge in [0, 0.05) is 12.8 Å². The van der Waals surface area contributed by atoms with E-state index in [0.717, 1.165) is 19.5 Å². The molecule has 0 atom stereocenters. The number of rotatable bonds is 2. The summed E-state index contributed by atoms with van der Waals surface area (Å²) in [5.74, 6) is 0.172. The van der Waals surface area contributed by atoms with Crippen LogP contribution in [0.1, 0.15) is 20.3 Å². The summed E-state index contributed by atoms with van der Waals surface area (Å²) in [6.07, 6.45) is 4.12. The van der Waals surface area contributed by atoms with Crippen molar-refractivity contribution in [1.82, 2.24) is 5.32 Å². The highest BCUT2D eigenvalue weighted by molar-refractivity contribution is 7.90. The van der Waals surface area contributed by atoms with Crippen molar-refractivity contribution in [3.8, 4) is 0 Å². The lowest BCUT2D eigenvalue weighted by atomic mass is 9.80. The van der Waals surface area contributed by atoms with Crippen molar-refractivity contribution in [2.24, 2.45) is 5.41 Å². The highest BCUT2D eigenvalue weighted by Crippen LogP contribution is 2.30. The van der Waals surface area contributed by atoms with E-state index in [2.05, 4.69) is 19.2 Å². The second-order valence-corrected chi connectivity index (χ2v) is 6.82. The van der Waals surface area contributed by atoms with Gasteiger partial charge in [-0.25, -0.2) is 8.42 Å². The van der Waals surface area contributed by atoms with Crippen LogP contribution in [0.25, 0.3) is 0 Å². The van der Waals surface area contributed by atoms with Crippen LogP contribution in [-0.2, 0) is 9.84 Å². The van der Waals surface area contributed by atoms with E-state index in [9.17, 15) is 8.42 Å². The van der Waals surface area contributed by atoms with Gasteiger partial charge in [-0.3, -0.25) is 0 Å². The standard InChI is InChI=1S/C10H19NO2S/c1-10(2)8-11-6-4-9(10)5-7-14(3,12)13/h5,11H,4,6-8H2,1-3H3/b9-5-. The van der Waals surface area contributed by atoms with Crippen LogP contribution in [0.2, 0.25) is 0 Å². The van der Waals surface area contributed by atoms with Crippen LogP contribution in [0.4, 0.5) is 0 Å². The second kappa shape index (κ2) is 4.03. The van der Waals surface area contributed by atoms with Crippen molar-refractivity contribution in [2.45, 2.75) is 20.3 Å². The Balaban J connectivity index is 2.75. The SMILES string of the molecule is CC1(C)CNCC/C1=C/CS(C)(=O)=O. The zero-order chi connectivity index (χ0) is 10.8. The van der Waals surface area contributed by atoms with Gasteiger partial charge in [0.25, 0.3) is 0 Å². The average molecular weight is 217 g/mol. The van der Waals surface area contributed by atoms with Crippen molar-refractivity contribution in [3.63, 3.8) is 0 Å². The number of nitrogens with one attached hydrogen (secondary N) is 1. The maximum atomic E-state index is 11.0. The number of hydrogen-bond donors (Lipinski definition) is 1. The average Bonchev–Trinajstić information content (AvgIpc) is 2.00. The van der Waals surface area contributed by atoms with Crippen molar-refractivity contribution < 1.29 is 8.42 Å². The van der Waals surface area contributed by atoms with E-state index < -0.39 is 9.84 Å². The van der Waals surface area contributed by atoms with E-state index in [-0.39, 0.29) is 11.2 Å². The smallest absolute Gasteiger partial charge is 0.151 e. The van der Waals surface area contributed by atoms with Crippen molar-refractivity contribution in [1.29, 1.82) is 0 Å². The molecule has 14 heavy (non-hydrogen) atoms. The van der Waals surface area contributed by atoms with E-state index in [1.165, 1.54) is 11.8 Å². The first kappa shape index (κ1) is 11.7. The zero-order valence-electron chi connectivity index (χ0n) is 9.13. The largest absolute Gasteiger partial charge is 0.316 e. The van der Waals surface area contributed by atoms with Gasteiger partial charge in [-0.05, 0) is 18.4 Å². The predicted octanol–water partition coefficient (Wildman–Crippen LogP) is 0.977. The first-order chi connectivity index (χ1) is 6.31. The van der Waals surface area contributed by atoms with E-state index >= 15 is 0 Å². The number of hydrogen-bond acceptors (Lipinski definition) is 3. The molecule has 82 valence electrons. The van der Waals surface area contributed by atoms with E-state index in [0.29, 0.717) is 0 Å². The Morgan fingerprint density at radius 2 is 2.14 bits per heavy atom. The molecule has 4 heteroatoms. The summed E-state index contributed by atoms with van der Waals surface area (Å²) in [7, 11) is -2.87. The molecule has 0 unspecified atom stereocenters. The third kappa shape index (κ3) is 3.42. The lowest BCUT2D eigenvalue weighted by Gasteiger charge is -2.33. The van der Waals surface area contributed by atoms with Gasteiger partial charge in [0.1, 0.15) is 0 Å². The molecule has 1 heterocycles. The van der Waals surface area contributed by atoms with E-state index in [4.69, 9.17) is 0 Å². The van der Waals surface area contributed by atoms with Crippen LogP contribution in [0.15, 0.2) is 11.6 Å². The number of sulfone groups is 1. The summed E-state index contributed by atoms with van der Waals surface area (Å²) in [5, 5.41) is 3.31. The molecule has 0 spiro atoms. The van der Waals surface area contributed by atoms with E-state index in [1.54, 1.807) is 0 Å². The topological polar surface area (TPSA) is 46.2 Å². The Hall–Kier alpha value is -0.350. The second-order valence-electron chi connectivity index (χ2n) is 4.63. The Kier molecular flexibility index (Phi) is 3.37. The molecule has 0 aromatic heterocycles. The van der Waals surface area contributed by atoms with Crippen LogP contribution < -0.4 is 5.32 Å². The van der Waals surface area contributed by atoms with Crippen LogP contribution in [0, 0.1) is 5.41 Å². The molecule has 0 saturated carbocycles. The highest BCUT2D eigenvalue weighted by Gasteiger charge is 2.25. The zero-order valence-corrected chi connectivity index (χ0v) is 9.95. The van der Waals surface area contributed by atoms with Crippen LogP contribution >= 0.6 is 0 Å². The molecule has 0 aromatic carbocycles. The summed E-state index contributed by atoms with van der Waals surface area (Å²) in [6, 6.07) is 0. The minimum absolute atomic E-state index is 0.100.